The lowest BCUT2D eigenvalue weighted by atomic mass is 10.1. The Bertz CT molecular complexity index is 1720. The van der Waals surface area contributed by atoms with Crippen LogP contribution in [-0.4, -0.2) is 30.6 Å². The maximum atomic E-state index is 14.9. The average molecular weight is 537 g/mol. The summed E-state index contributed by atoms with van der Waals surface area (Å²) in [7, 11) is 1.81. The molecule has 2 N–H and O–H groups in total. The van der Waals surface area contributed by atoms with E-state index in [-0.39, 0.29) is 17.4 Å². The minimum atomic E-state index is -0.669. The lowest BCUT2D eigenvalue weighted by Gasteiger charge is -2.12. The van der Waals surface area contributed by atoms with E-state index in [2.05, 4.69) is 31.9 Å². The third kappa shape index (κ3) is 5.81. The number of carbonyl (C=O) groups excluding carboxylic acids is 1. The van der Waals surface area contributed by atoms with Crippen LogP contribution in [-0.2, 0) is 7.05 Å². The molecule has 0 fully saturated rings. The van der Waals surface area contributed by atoms with Gasteiger partial charge in [-0.05, 0) is 48.4 Å². The average Bonchev–Trinajstić information content (AvgIpc) is 3.57. The molecule has 0 saturated carbocycles. The molecular weight excluding hydrogens is 511 g/mol. The minimum Gasteiger partial charge on any atom is -0.457 e. The predicted octanol–water partition coefficient (Wildman–Crippen LogP) is 6.24. The lowest BCUT2D eigenvalue weighted by molar-refractivity contribution is 0.262. The number of carbonyl (C=O) groups is 1. The number of nitriles is 1. The summed E-state index contributed by atoms with van der Waals surface area (Å²) in [5.74, 6) is 0.566. The van der Waals surface area contributed by atoms with Crippen LogP contribution in [0.5, 0.6) is 11.5 Å². The molecule has 11 heteroatoms. The van der Waals surface area contributed by atoms with Gasteiger partial charge in [0.05, 0.1) is 40.6 Å². The van der Waals surface area contributed by atoms with E-state index in [0.29, 0.717) is 28.5 Å². The first-order valence-electron chi connectivity index (χ1n) is 12.4. The lowest BCUT2D eigenvalue weighted by Crippen LogP contribution is -2.22. The van der Waals surface area contributed by atoms with Crippen LogP contribution in [0.3, 0.4) is 0 Å². The van der Waals surface area contributed by atoms with E-state index in [4.69, 9.17) is 10.00 Å². The third-order valence-electron chi connectivity index (χ3n) is 5.96. The highest BCUT2D eigenvalue weighted by Crippen LogP contribution is 2.28. The number of rotatable bonds is 7. The molecule has 3 heterocycles. The second-order valence-corrected chi connectivity index (χ2v) is 9.28. The van der Waals surface area contributed by atoms with Gasteiger partial charge in [0.15, 0.2) is 0 Å². The molecule has 10 nitrogen and oxygen atoms in total. The van der Waals surface area contributed by atoms with Crippen LogP contribution in [0.15, 0.2) is 79.3 Å². The number of nitrogens with zero attached hydrogens (tertiary/aromatic N) is 6. The largest absolute Gasteiger partial charge is 0.457 e. The summed E-state index contributed by atoms with van der Waals surface area (Å²) in [4.78, 5) is 17.2. The van der Waals surface area contributed by atoms with Gasteiger partial charge in [-0.15, -0.1) is 0 Å². The van der Waals surface area contributed by atoms with Crippen LogP contribution < -0.4 is 15.4 Å². The molecule has 0 saturated heterocycles. The van der Waals surface area contributed by atoms with Crippen LogP contribution in [0.4, 0.5) is 20.7 Å². The van der Waals surface area contributed by atoms with Crippen LogP contribution in [0.1, 0.15) is 31.0 Å². The van der Waals surface area contributed by atoms with Gasteiger partial charge in [0.25, 0.3) is 0 Å². The molecule has 0 unspecified atom stereocenters. The van der Waals surface area contributed by atoms with E-state index >= 15 is 0 Å². The predicted molar refractivity (Wildman–Crippen MR) is 148 cm³/mol. The Morgan fingerprint density at radius 2 is 1.82 bits per heavy atom. The van der Waals surface area contributed by atoms with Crippen molar-refractivity contribution in [3.8, 4) is 34.5 Å². The first-order valence-corrected chi connectivity index (χ1v) is 12.4. The zero-order chi connectivity index (χ0) is 28.2. The smallest absolute Gasteiger partial charge is 0.324 e. The molecule has 0 aliphatic carbocycles. The van der Waals surface area contributed by atoms with E-state index in [1.165, 1.54) is 12.1 Å². The van der Waals surface area contributed by atoms with Crippen LogP contribution in [0.25, 0.3) is 16.9 Å². The summed E-state index contributed by atoms with van der Waals surface area (Å²) in [6.07, 6.45) is 5.12. The Balaban J connectivity index is 1.29. The highest BCUT2D eigenvalue weighted by Gasteiger charge is 2.16. The molecule has 0 bridgehead atoms. The number of urea groups is 1. The van der Waals surface area contributed by atoms with Gasteiger partial charge in [0.2, 0.25) is 0 Å². The maximum Gasteiger partial charge on any atom is 0.324 e. The monoisotopic (exact) mass is 536 g/mol. The highest BCUT2D eigenvalue weighted by atomic mass is 19.1. The molecular formula is C29H25FN8O2. The van der Waals surface area contributed by atoms with Gasteiger partial charge in [0, 0.05) is 43.2 Å². The van der Waals surface area contributed by atoms with Crippen molar-refractivity contribution in [2.45, 2.75) is 19.8 Å². The standard InChI is InChI=1S/C29H25FN8O2/c1-18(2)26-14-28(38(36-26)21-6-4-19(15-31)5-7-21)35-29(39)34-25-9-8-22(12-24(25)30)40-23-10-11-32-27(13-23)20-16-33-37(3)17-20/h4-14,16-18H,1-3H3,(H2,34,35,39). The highest BCUT2D eigenvalue weighted by molar-refractivity contribution is 5.99. The molecule has 3 aromatic heterocycles. The fourth-order valence-corrected chi connectivity index (χ4v) is 3.90. The number of pyridine rings is 1. The number of anilines is 2. The summed E-state index contributed by atoms with van der Waals surface area (Å²) in [5.41, 5.74) is 3.40. The molecule has 0 radical (unpaired) electrons. The van der Waals surface area contributed by atoms with Gasteiger partial charge in [-0.3, -0.25) is 15.0 Å². The Kier molecular flexibility index (Phi) is 7.24. The summed E-state index contributed by atoms with van der Waals surface area (Å²) in [5, 5.41) is 23.1. The first kappa shape index (κ1) is 26.1. The van der Waals surface area contributed by atoms with Crippen LogP contribution in [0, 0.1) is 17.1 Å². The van der Waals surface area contributed by atoms with Gasteiger partial charge in [0.1, 0.15) is 23.1 Å². The number of nitrogens with one attached hydrogen (secondary N) is 2. The molecule has 0 aliphatic heterocycles. The van der Waals surface area contributed by atoms with Crippen molar-refractivity contribution in [3.63, 3.8) is 0 Å². The summed E-state index contributed by atoms with van der Waals surface area (Å²) in [6.45, 7) is 3.97. The van der Waals surface area contributed by atoms with E-state index in [9.17, 15) is 9.18 Å². The molecule has 2 aromatic carbocycles. The van der Waals surface area contributed by atoms with Crippen molar-refractivity contribution in [1.29, 1.82) is 5.26 Å². The number of ether oxygens (including phenoxy) is 1. The molecule has 0 atom stereocenters. The molecule has 5 rings (SSSR count). The van der Waals surface area contributed by atoms with Gasteiger partial charge in [-0.25, -0.2) is 13.9 Å². The number of amides is 2. The number of aryl methyl sites for hydroxylation is 1. The maximum absolute atomic E-state index is 14.9. The fourth-order valence-electron chi connectivity index (χ4n) is 3.90. The van der Waals surface area contributed by atoms with E-state index in [1.54, 1.807) is 70.3 Å². The second-order valence-electron chi connectivity index (χ2n) is 9.28. The van der Waals surface area contributed by atoms with Crippen molar-refractivity contribution < 1.29 is 13.9 Å². The van der Waals surface area contributed by atoms with Crippen molar-refractivity contribution in [2.24, 2.45) is 7.05 Å². The molecule has 0 aliphatic rings. The van der Waals surface area contributed by atoms with Crippen LogP contribution in [0.2, 0.25) is 0 Å². The number of hydrogen-bond acceptors (Lipinski definition) is 6. The van der Waals surface area contributed by atoms with Crippen molar-refractivity contribution in [2.75, 3.05) is 10.6 Å². The SMILES string of the molecule is CC(C)c1cc(NC(=O)Nc2ccc(Oc3ccnc(-c4cnn(C)c4)c3)cc2F)n(-c2ccc(C#N)cc2)n1. The van der Waals surface area contributed by atoms with E-state index < -0.39 is 11.8 Å². The molecule has 200 valence electrons. The molecule has 5 aromatic rings. The number of aromatic nitrogens is 5. The fraction of sp³-hybridized carbons (Fsp3) is 0.138. The van der Waals surface area contributed by atoms with Crippen molar-refractivity contribution in [3.05, 3.63) is 96.3 Å². The topological polar surface area (TPSA) is 123 Å². The van der Waals surface area contributed by atoms with Crippen molar-refractivity contribution in [1.82, 2.24) is 24.5 Å². The molecule has 0 spiro atoms. The van der Waals surface area contributed by atoms with E-state index in [1.807, 2.05) is 27.1 Å². The van der Waals surface area contributed by atoms with E-state index in [0.717, 1.165) is 11.3 Å². The number of hydrogen-bond donors (Lipinski definition) is 2. The van der Waals surface area contributed by atoms with Crippen LogP contribution >= 0.6 is 0 Å². The quantitative estimate of drug-likeness (QED) is 0.254. The zero-order valence-corrected chi connectivity index (χ0v) is 22.0. The Hall–Kier alpha value is -5.50. The molecule has 40 heavy (non-hydrogen) atoms. The Morgan fingerprint density at radius 3 is 2.50 bits per heavy atom. The normalized spacial score (nSPS) is 10.8. The van der Waals surface area contributed by atoms with Gasteiger partial charge in [-0.2, -0.15) is 15.5 Å². The zero-order valence-electron chi connectivity index (χ0n) is 22.0. The molecule has 2 amide bonds. The Morgan fingerprint density at radius 1 is 1.05 bits per heavy atom. The third-order valence-corrected chi connectivity index (χ3v) is 5.96. The van der Waals surface area contributed by atoms with Crippen molar-refractivity contribution >= 4 is 17.5 Å². The van der Waals surface area contributed by atoms with Gasteiger partial charge < -0.3 is 10.1 Å². The Labute approximate surface area is 229 Å². The number of benzene rings is 2. The number of halogens is 1. The van der Waals surface area contributed by atoms with Gasteiger partial charge in [-0.1, -0.05) is 13.8 Å². The summed E-state index contributed by atoms with van der Waals surface area (Å²) in [6, 6.07) is 17.6. The first-order chi connectivity index (χ1) is 19.3. The van der Waals surface area contributed by atoms with Gasteiger partial charge >= 0.3 is 6.03 Å². The summed E-state index contributed by atoms with van der Waals surface area (Å²) < 4.78 is 24.0. The minimum absolute atomic E-state index is 0.0239. The second kappa shape index (κ2) is 11.1. The summed E-state index contributed by atoms with van der Waals surface area (Å²) >= 11 is 0.